The lowest BCUT2D eigenvalue weighted by Crippen LogP contribution is -2.38. The van der Waals surface area contributed by atoms with Gasteiger partial charge in [-0.15, -0.1) is 0 Å². The number of nitrogens with one attached hydrogen (secondary N) is 2. The van der Waals surface area contributed by atoms with Gasteiger partial charge in [0, 0.05) is 70.1 Å². The summed E-state index contributed by atoms with van der Waals surface area (Å²) in [6.45, 7) is 3.96. The molecule has 0 aliphatic carbocycles. The summed E-state index contributed by atoms with van der Waals surface area (Å²) in [7, 11) is 3.19. The van der Waals surface area contributed by atoms with E-state index in [1.165, 1.54) is 17.0 Å². The number of hydrogen-bond donors (Lipinski definition) is 3. The highest BCUT2D eigenvalue weighted by atomic mass is 16.6. The van der Waals surface area contributed by atoms with Crippen molar-refractivity contribution < 1.29 is 29.0 Å². The van der Waals surface area contributed by atoms with E-state index in [4.69, 9.17) is 19.4 Å². The summed E-state index contributed by atoms with van der Waals surface area (Å²) in [6, 6.07) is 16.1. The van der Waals surface area contributed by atoms with E-state index in [-0.39, 0.29) is 12.7 Å². The largest absolute Gasteiger partial charge is 0.448 e. The number of amides is 2. The molecule has 0 saturated carbocycles. The van der Waals surface area contributed by atoms with Gasteiger partial charge in [0.2, 0.25) is 0 Å². The second-order valence-electron chi connectivity index (χ2n) is 9.02. The van der Waals surface area contributed by atoms with E-state index in [0.29, 0.717) is 39.4 Å². The second kappa shape index (κ2) is 16.3. The molecule has 0 unspecified atom stereocenters. The van der Waals surface area contributed by atoms with Crippen LogP contribution >= 0.6 is 0 Å². The molecule has 10 nitrogen and oxygen atoms in total. The minimum absolute atomic E-state index is 0.250. The summed E-state index contributed by atoms with van der Waals surface area (Å²) in [5.41, 5.74) is 5.85. The van der Waals surface area contributed by atoms with Crippen molar-refractivity contribution in [2.45, 2.75) is 13.0 Å². The number of benzene rings is 2. The standard InChI is InChI=1S/C29H38N4O6/c1-37-18-16-33(17-19-38-2)29(35)39-20-15-32(14-13-25-21-30-27-6-4-3-5-26(25)27)22-24-9-7-23(8-10-24)11-12-28(34)31-36/h3-12,21,30,36H,13-20,22H2,1-2H3,(H,31,34). The van der Waals surface area contributed by atoms with E-state index in [1.54, 1.807) is 30.7 Å². The first-order valence-electron chi connectivity index (χ1n) is 12.9. The molecule has 0 aliphatic heterocycles. The minimum atomic E-state index is -0.583. The number of nitrogens with zero attached hydrogens (tertiary/aromatic N) is 2. The van der Waals surface area contributed by atoms with Crippen molar-refractivity contribution in [3.63, 3.8) is 0 Å². The van der Waals surface area contributed by atoms with Crippen molar-refractivity contribution in [2.75, 3.05) is 60.2 Å². The van der Waals surface area contributed by atoms with E-state index >= 15 is 0 Å². The maximum absolute atomic E-state index is 12.7. The number of hydroxylamine groups is 1. The molecular weight excluding hydrogens is 500 g/mol. The number of methoxy groups -OCH3 is 2. The maximum Gasteiger partial charge on any atom is 0.409 e. The van der Waals surface area contributed by atoms with Gasteiger partial charge in [-0.05, 0) is 35.3 Å². The van der Waals surface area contributed by atoms with Crippen molar-refractivity contribution in [1.82, 2.24) is 20.3 Å². The Balaban J connectivity index is 1.64. The lowest BCUT2D eigenvalue weighted by atomic mass is 10.1. The van der Waals surface area contributed by atoms with E-state index < -0.39 is 5.91 Å². The maximum atomic E-state index is 12.7. The number of aromatic nitrogens is 1. The SMILES string of the molecule is COCCN(CCOC)C(=O)OCCN(CCc1c[nH]c2ccccc12)Cc1ccc(C=CC(=O)NO)cc1. The Morgan fingerprint density at radius 1 is 0.949 bits per heavy atom. The van der Waals surface area contributed by atoms with Crippen LogP contribution in [0.5, 0.6) is 0 Å². The van der Waals surface area contributed by atoms with Gasteiger partial charge in [-0.25, -0.2) is 10.3 Å². The number of fused-ring (bicyclic) bond motifs is 1. The lowest BCUT2D eigenvalue weighted by Gasteiger charge is -2.25. The van der Waals surface area contributed by atoms with Gasteiger partial charge in [0.15, 0.2) is 0 Å². The zero-order valence-corrected chi connectivity index (χ0v) is 22.6. The molecule has 0 spiro atoms. The van der Waals surface area contributed by atoms with Crippen molar-refractivity contribution in [1.29, 1.82) is 0 Å². The molecule has 1 aromatic heterocycles. The van der Waals surface area contributed by atoms with Crippen LogP contribution in [0.3, 0.4) is 0 Å². The number of rotatable bonds is 16. The van der Waals surface area contributed by atoms with Gasteiger partial charge in [0.05, 0.1) is 13.2 Å². The Bertz CT molecular complexity index is 1190. The van der Waals surface area contributed by atoms with Gasteiger partial charge >= 0.3 is 6.09 Å². The Hall–Kier alpha value is -3.70. The Kier molecular flexibility index (Phi) is 12.5. The highest BCUT2D eigenvalue weighted by molar-refractivity contribution is 5.90. The quantitative estimate of drug-likeness (QED) is 0.145. The van der Waals surface area contributed by atoms with E-state index in [1.807, 2.05) is 36.4 Å². The van der Waals surface area contributed by atoms with Crippen molar-refractivity contribution in [3.8, 4) is 0 Å². The highest BCUT2D eigenvalue weighted by Gasteiger charge is 2.16. The predicted molar refractivity (Wildman–Crippen MR) is 149 cm³/mol. The monoisotopic (exact) mass is 538 g/mol. The number of carbonyl (C=O) groups is 2. The number of hydrogen-bond acceptors (Lipinski definition) is 7. The van der Waals surface area contributed by atoms with Crippen molar-refractivity contribution in [3.05, 3.63) is 77.5 Å². The van der Waals surface area contributed by atoms with Gasteiger partial charge in [-0.3, -0.25) is 14.9 Å². The van der Waals surface area contributed by atoms with Crippen LogP contribution in [0.2, 0.25) is 0 Å². The van der Waals surface area contributed by atoms with E-state index in [2.05, 4.69) is 28.2 Å². The first-order chi connectivity index (χ1) is 19.0. The van der Waals surface area contributed by atoms with Crippen LogP contribution in [0.1, 0.15) is 16.7 Å². The molecule has 2 amide bonds. The number of ether oxygens (including phenoxy) is 3. The third-order valence-corrected chi connectivity index (χ3v) is 6.32. The van der Waals surface area contributed by atoms with Gasteiger partial charge in [0.25, 0.3) is 5.91 Å². The number of aromatic amines is 1. The first-order valence-corrected chi connectivity index (χ1v) is 12.9. The fraction of sp³-hybridized carbons (Fsp3) is 0.379. The summed E-state index contributed by atoms with van der Waals surface area (Å²) in [5.74, 6) is -0.583. The van der Waals surface area contributed by atoms with Crippen LogP contribution in [0.15, 0.2) is 60.8 Å². The molecule has 0 fully saturated rings. The molecule has 0 bridgehead atoms. The molecule has 3 rings (SSSR count). The summed E-state index contributed by atoms with van der Waals surface area (Å²) < 4.78 is 15.8. The highest BCUT2D eigenvalue weighted by Crippen LogP contribution is 2.19. The van der Waals surface area contributed by atoms with Gasteiger partial charge < -0.3 is 24.1 Å². The molecule has 1 heterocycles. The zero-order valence-electron chi connectivity index (χ0n) is 22.6. The summed E-state index contributed by atoms with van der Waals surface area (Å²) in [4.78, 5) is 31.1. The van der Waals surface area contributed by atoms with E-state index in [9.17, 15) is 9.59 Å². The second-order valence-corrected chi connectivity index (χ2v) is 9.02. The third kappa shape index (κ3) is 9.84. The first kappa shape index (κ1) is 29.9. The Morgan fingerprint density at radius 3 is 2.36 bits per heavy atom. The molecule has 0 aliphatic rings. The number of carbonyl (C=O) groups excluding carboxylic acids is 2. The third-order valence-electron chi connectivity index (χ3n) is 6.32. The van der Waals surface area contributed by atoms with Gasteiger partial charge in [-0.2, -0.15) is 0 Å². The molecule has 0 radical (unpaired) electrons. The van der Waals surface area contributed by atoms with Crippen LogP contribution in [0, 0.1) is 0 Å². The molecule has 3 aromatic rings. The molecule has 39 heavy (non-hydrogen) atoms. The fourth-order valence-electron chi connectivity index (χ4n) is 4.14. The van der Waals surface area contributed by atoms with Crippen LogP contribution in [0.4, 0.5) is 4.79 Å². The molecule has 10 heteroatoms. The average molecular weight is 539 g/mol. The van der Waals surface area contributed by atoms with Crippen LogP contribution < -0.4 is 5.48 Å². The smallest absolute Gasteiger partial charge is 0.409 e. The topological polar surface area (TPSA) is 116 Å². The van der Waals surface area contributed by atoms with Crippen molar-refractivity contribution in [2.24, 2.45) is 0 Å². The fourth-order valence-corrected chi connectivity index (χ4v) is 4.14. The van der Waals surface area contributed by atoms with Gasteiger partial charge in [-0.1, -0.05) is 42.5 Å². The zero-order chi connectivity index (χ0) is 27.9. The molecule has 2 aromatic carbocycles. The van der Waals surface area contributed by atoms with Crippen LogP contribution in [0.25, 0.3) is 17.0 Å². The number of H-pyrrole nitrogens is 1. The predicted octanol–water partition coefficient (Wildman–Crippen LogP) is 3.46. The number of para-hydroxylation sites is 1. The molecule has 210 valence electrons. The van der Waals surface area contributed by atoms with E-state index in [0.717, 1.165) is 29.6 Å². The minimum Gasteiger partial charge on any atom is -0.448 e. The molecule has 0 atom stereocenters. The lowest BCUT2D eigenvalue weighted by molar-refractivity contribution is -0.124. The summed E-state index contributed by atoms with van der Waals surface area (Å²) in [5, 5.41) is 9.85. The molecule has 0 saturated heterocycles. The van der Waals surface area contributed by atoms with Crippen LogP contribution in [-0.4, -0.2) is 92.2 Å². The van der Waals surface area contributed by atoms with Crippen LogP contribution in [-0.2, 0) is 32.0 Å². The van der Waals surface area contributed by atoms with Crippen molar-refractivity contribution >= 4 is 29.0 Å². The Morgan fingerprint density at radius 2 is 1.67 bits per heavy atom. The summed E-state index contributed by atoms with van der Waals surface area (Å²) in [6.07, 6.45) is 5.39. The average Bonchev–Trinajstić information content (AvgIpc) is 3.38. The molecular formula is C29H38N4O6. The normalized spacial score (nSPS) is 11.4. The Labute approximate surface area is 229 Å². The summed E-state index contributed by atoms with van der Waals surface area (Å²) >= 11 is 0. The van der Waals surface area contributed by atoms with Gasteiger partial charge in [0.1, 0.15) is 6.61 Å². The molecule has 3 N–H and O–H groups in total.